The Morgan fingerprint density at radius 1 is 1.19 bits per heavy atom. The van der Waals surface area contributed by atoms with Crippen LogP contribution in [0.2, 0.25) is 0 Å². The molecule has 0 aliphatic carbocycles. The molecule has 0 fully saturated rings. The smallest absolute Gasteiger partial charge is 0.190 e. The number of allylic oxidation sites excluding steroid dienone is 2. The van der Waals surface area contributed by atoms with E-state index in [4.69, 9.17) is 4.74 Å². The molecular weight excluding hydrogens is 404 g/mol. The Balaban J connectivity index is 1.91. The van der Waals surface area contributed by atoms with Gasteiger partial charge in [-0.3, -0.25) is 4.79 Å². The van der Waals surface area contributed by atoms with E-state index in [2.05, 4.69) is 13.0 Å². The molecule has 0 bridgehead atoms. The van der Waals surface area contributed by atoms with Crippen molar-refractivity contribution in [2.24, 2.45) is 0 Å². The van der Waals surface area contributed by atoms with Gasteiger partial charge in [-0.1, -0.05) is 17.2 Å². The number of hydrogen-bond donors (Lipinski definition) is 3. The van der Waals surface area contributed by atoms with Crippen LogP contribution in [-0.2, 0) is 11.2 Å². The lowest BCUT2D eigenvalue weighted by molar-refractivity contribution is -0.121. The minimum Gasteiger partial charge on any atom is -0.508 e. The Hall–Kier alpha value is -2.37. The number of ether oxygens (including phenoxy) is 1. The summed E-state index contributed by atoms with van der Waals surface area (Å²) in [5, 5.41) is 30.1. The first kappa shape index (κ1) is 25.9. The van der Waals surface area contributed by atoms with Gasteiger partial charge in [-0.25, -0.2) is 0 Å². The van der Waals surface area contributed by atoms with Crippen LogP contribution >= 0.6 is 0 Å². The molecule has 3 atom stereocenters. The van der Waals surface area contributed by atoms with Crippen LogP contribution < -0.4 is 4.74 Å². The van der Waals surface area contributed by atoms with Crippen molar-refractivity contribution in [1.82, 2.24) is 0 Å². The molecule has 0 radical (unpaired) electrons. The zero-order valence-electron chi connectivity index (χ0n) is 20.2. The molecule has 0 saturated heterocycles. The number of aliphatic hydroxyl groups is 2. The summed E-state index contributed by atoms with van der Waals surface area (Å²) < 4.78 is 6.33. The van der Waals surface area contributed by atoms with Gasteiger partial charge in [0, 0.05) is 0 Å². The van der Waals surface area contributed by atoms with Gasteiger partial charge in [0.25, 0.3) is 0 Å². The summed E-state index contributed by atoms with van der Waals surface area (Å²) in [7, 11) is 0. The monoisotopic (exact) mass is 442 g/mol. The molecule has 2 rings (SSSR count). The number of hydrogen-bond acceptors (Lipinski definition) is 5. The Bertz CT molecular complexity index is 920. The van der Waals surface area contributed by atoms with E-state index in [0.717, 1.165) is 53.7 Å². The predicted molar refractivity (Wildman–Crippen MR) is 128 cm³/mol. The van der Waals surface area contributed by atoms with Gasteiger partial charge in [-0.15, -0.1) is 0 Å². The maximum Gasteiger partial charge on any atom is 0.190 e. The van der Waals surface area contributed by atoms with Crippen molar-refractivity contribution >= 4 is 5.78 Å². The molecule has 32 heavy (non-hydrogen) atoms. The van der Waals surface area contributed by atoms with Gasteiger partial charge in [0.1, 0.15) is 23.2 Å². The van der Waals surface area contributed by atoms with Gasteiger partial charge >= 0.3 is 0 Å². The standard InChI is InChI=1S/C27H38O5/c1-17(2)12-24(30)25(31)19(4)14-22(28)13-18(3)8-7-10-27(6)11-9-21-16-23(29)15-20(5)26(21)32-27/h8,12,14-16,22,24,28-30H,7,9-11,13H2,1-6H3/b18-8+,19-14+/t22-,24?,27-/m1/s1. The molecule has 5 heteroatoms. The van der Waals surface area contributed by atoms with E-state index < -0.39 is 18.0 Å². The molecule has 1 heterocycles. The molecule has 0 aromatic heterocycles. The Morgan fingerprint density at radius 2 is 1.88 bits per heavy atom. The normalized spacial score (nSPS) is 20.8. The van der Waals surface area contributed by atoms with Crippen molar-refractivity contribution in [3.8, 4) is 11.5 Å². The lowest BCUT2D eigenvalue weighted by atomic mass is 9.87. The molecule has 1 aromatic carbocycles. The highest BCUT2D eigenvalue weighted by Crippen LogP contribution is 2.39. The molecule has 0 amide bonds. The molecular formula is C27H38O5. The third kappa shape index (κ3) is 7.35. The van der Waals surface area contributed by atoms with Crippen LogP contribution in [0.4, 0.5) is 0 Å². The van der Waals surface area contributed by atoms with E-state index >= 15 is 0 Å². The van der Waals surface area contributed by atoms with Gasteiger partial charge in [-0.05, 0) is 115 Å². The van der Waals surface area contributed by atoms with Crippen LogP contribution in [0.25, 0.3) is 0 Å². The zero-order chi connectivity index (χ0) is 24.1. The number of aliphatic hydroxyl groups excluding tert-OH is 2. The second-order valence-electron chi connectivity index (χ2n) is 9.57. The van der Waals surface area contributed by atoms with Crippen molar-refractivity contribution in [3.05, 3.63) is 58.2 Å². The van der Waals surface area contributed by atoms with Crippen molar-refractivity contribution in [1.29, 1.82) is 0 Å². The van der Waals surface area contributed by atoms with Crippen LogP contribution in [0.15, 0.2) is 47.1 Å². The van der Waals surface area contributed by atoms with Gasteiger partial charge in [0.05, 0.1) is 6.10 Å². The van der Waals surface area contributed by atoms with Crippen molar-refractivity contribution in [2.75, 3.05) is 0 Å². The second kappa shape index (κ2) is 11.0. The predicted octanol–water partition coefficient (Wildman–Crippen LogP) is 5.10. The van der Waals surface area contributed by atoms with Crippen LogP contribution in [0.5, 0.6) is 11.5 Å². The molecule has 1 aromatic rings. The quantitative estimate of drug-likeness (QED) is 0.366. The van der Waals surface area contributed by atoms with Crippen molar-refractivity contribution in [2.45, 2.75) is 91.5 Å². The molecule has 0 spiro atoms. The third-order valence-corrected chi connectivity index (χ3v) is 5.90. The molecule has 1 aliphatic rings. The molecule has 0 saturated carbocycles. The van der Waals surface area contributed by atoms with Crippen LogP contribution in [0.1, 0.15) is 71.4 Å². The van der Waals surface area contributed by atoms with Gasteiger partial charge in [-0.2, -0.15) is 0 Å². The fourth-order valence-corrected chi connectivity index (χ4v) is 4.12. The maximum absolute atomic E-state index is 12.2. The Labute approximate surface area is 192 Å². The fourth-order valence-electron chi connectivity index (χ4n) is 4.12. The molecule has 3 N–H and O–H groups in total. The summed E-state index contributed by atoms with van der Waals surface area (Å²) in [5.74, 6) is 0.773. The van der Waals surface area contributed by atoms with Gasteiger partial charge in [0.15, 0.2) is 5.78 Å². The highest BCUT2D eigenvalue weighted by atomic mass is 16.5. The summed E-state index contributed by atoms with van der Waals surface area (Å²) in [4.78, 5) is 12.2. The summed E-state index contributed by atoms with van der Waals surface area (Å²) >= 11 is 0. The molecule has 176 valence electrons. The van der Waals surface area contributed by atoms with E-state index in [1.54, 1.807) is 19.1 Å². The number of ketones is 1. The van der Waals surface area contributed by atoms with E-state index in [9.17, 15) is 20.1 Å². The SMILES string of the molecule is CC(C)=CC(O)C(=O)/C(C)=C/[C@H](O)C/C(C)=C/CC[C@]1(C)CCc2cc(O)cc(C)c2O1. The number of carbonyl (C=O) groups is 1. The second-order valence-corrected chi connectivity index (χ2v) is 9.57. The molecule has 1 aliphatic heterocycles. The number of aromatic hydroxyl groups is 1. The van der Waals surface area contributed by atoms with Gasteiger partial charge in [0.2, 0.25) is 0 Å². The van der Waals surface area contributed by atoms with Gasteiger partial charge < -0.3 is 20.1 Å². The summed E-state index contributed by atoms with van der Waals surface area (Å²) in [5.41, 5.74) is 4.01. The number of phenols is 1. The number of Topliss-reactive ketones (excluding diaryl/α,β-unsaturated/α-hetero) is 1. The number of carbonyl (C=O) groups excluding carboxylic acids is 1. The highest BCUT2D eigenvalue weighted by molar-refractivity contribution is 5.99. The van der Waals surface area contributed by atoms with E-state index in [-0.39, 0.29) is 11.4 Å². The average Bonchev–Trinajstić information content (AvgIpc) is 2.67. The summed E-state index contributed by atoms with van der Waals surface area (Å²) in [6.07, 6.45) is 7.05. The van der Waals surface area contributed by atoms with E-state index in [1.807, 2.05) is 27.7 Å². The maximum atomic E-state index is 12.2. The Kier molecular flexibility index (Phi) is 8.88. The van der Waals surface area contributed by atoms with Crippen LogP contribution in [0.3, 0.4) is 0 Å². The Morgan fingerprint density at radius 3 is 2.53 bits per heavy atom. The first-order chi connectivity index (χ1) is 14.9. The fraction of sp³-hybridized carbons (Fsp3) is 0.519. The van der Waals surface area contributed by atoms with Crippen molar-refractivity contribution in [3.63, 3.8) is 0 Å². The van der Waals surface area contributed by atoms with Crippen LogP contribution in [-0.4, -0.2) is 38.9 Å². The number of aryl methyl sites for hydroxylation is 2. The lowest BCUT2D eigenvalue weighted by Gasteiger charge is -2.36. The average molecular weight is 443 g/mol. The first-order valence-electron chi connectivity index (χ1n) is 11.3. The molecule has 5 nitrogen and oxygen atoms in total. The molecule has 1 unspecified atom stereocenters. The first-order valence-corrected chi connectivity index (χ1v) is 11.3. The number of fused-ring (bicyclic) bond motifs is 1. The summed E-state index contributed by atoms with van der Waals surface area (Å²) in [6.45, 7) is 11.3. The minimum absolute atomic E-state index is 0.270. The van der Waals surface area contributed by atoms with E-state index in [1.165, 1.54) is 12.2 Å². The van der Waals surface area contributed by atoms with E-state index in [0.29, 0.717) is 12.0 Å². The largest absolute Gasteiger partial charge is 0.508 e. The highest BCUT2D eigenvalue weighted by Gasteiger charge is 2.32. The number of phenolic OH excluding ortho intramolecular Hbond substituents is 1. The summed E-state index contributed by atoms with van der Waals surface area (Å²) in [6, 6.07) is 3.52. The number of rotatable bonds is 9. The minimum atomic E-state index is -1.17. The lowest BCUT2D eigenvalue weighted by Crippen LogP contribution is -2.36. The van der Waals surface area contributed by atoms with Crippen molar-refractivity contribution < 1.29 is 24.9 Å². The zero-order valence-corrected chi connectivity index (χ0v) is 20.2. The third-order valence-electron chi connectivity index (χ3n) is 5.90. The van der Waals surface area contributed by atoms with Crippen LogP contribution in [0, 0.1) is 6.92 Å². The number of benzene rings is 1. The topological polar surface area (TPSA) is 87.0 Å².